The predicted molar refractivity (Wildman–Crippen MR) is 210 cm³/mol. The second kappa shape index (κ2) is 15.8. The molecule has 3 aliphatic heterocycles. The lowest BCUT2D eigenvalue weighted by molar-refractivity contribution is -0.138. The Bertz CT molecular complexity index is 1870. The third-order valence-electron chi connectivity index (χ3n) is 13.1. The SMILES string of the molecule is COCC(=O)N1CCN(C[C@]2(OC)/C=C\C[C@H](C)[C@@H](C)S(=O)(=O)NC(=O)c3ccc4c(c3)N(C[C@@H]3CC[C@H]32)C[C@@]2(CCCc3cc(Cl)ccc32)CO4)CC1. The average molecular weight is 783 g/mol. The van der Waals surface area contributed by atoms with Gasteiger partial charge in [0.15, 0.2) is 0 Å². The summed E-state index contributed by atoms with van der Waals surface area (Å²) in [6.45, 7) is 8.90. The van der Waals surface area contributed by atoms with Crippen molar-refractivity contribution < 1.29 is 32.2 Å². The summed E-state index contributed by atoms with van der Waals surface area (Å²) in [5.41, 5.74) is 2.66. The number of carbonyl (C=O) groups excluding carboxylic acids is 2. The topological polar surface area (TPSA) is 118 Å². The Kier molecular flexibility index (Phi) is 11.4. The standard InChI is InChI=1S/C41H55ClN4O7S/c1-28-7-5-16-41(52-4,26-44-17-19-45(20-18-44)38(47)24-51-3)35-12-9-32(35)23-46-25-40(15-6-8-30-21-33(42)11-13-34(30)40)27-53-37-14-10-31(22-36(37)46)39(48)43-54(49,50)29(28)2/h5,10-11,13-14,16,21-22,28-29,32,35H,6-9,12,15,17-20,23-27H2,1-4H3,(H,43,48)/b16-5-/t28-,29+,32-,35+,40-,41+/m0/s1. The molecule has 5 aliphatic rings. The van der Waals surface area contributed by atoms with Crippen LogP contribution in [-0.2, 0) is 36.1 Å². The van der Waals surface area contributed by atoms with Crippen LogP contribution >= 0.6 is 11.6 Å². The molecule has 0 aromatic heterocycles. The number of allylic oxidation sites excluding steroid dienone is 1. The van der Waals surface area contributed by atoms with Crippen LogP contribution in [0.2, 0.25) is 5.02 Å². The Morgan fingerprint density at radius 3 is 2.59 bits per heavy atom. The molecule has 2 aromatic rings. The number of hydrogen-bond donors (Lipinski definition) is 1. The molecule has 294 valence electrons. The van der Waals surface area contributed by atoms with Gasteiger partial charge in [0.1, 0.15) is 18.0 Å². The highest BCUT2D eigenvalue weighted by Gasteiger charge is 2.50. The number of hydrogen-bond acceptors (Lipinski definition) is 9. The van der Waals surface area contributed by atoms with E-state index in [4.69, 9.17) is 25.8 Å². The predicted octanol–water partition coefficient (Wildman–Crippen LogP) is 5.06. The van der Waals surface area contributed by atoms with Crippen molar-refractivity contribution in [2.75, 3.05) is 78.1 Å². The van der Waals surface area contributed by atoms with E-state index in [2.05, 4.69) is 38.8 Å². The van der Waals surface area contributed by atoms with E-state index in [1.807, 2.05) is 30.0 Å². The number of sulfonamides is 1. The van der Waals surface area contributed by atoms with Crippen molar-refractivity contribution >= 4 is 39.1 Å². The van der Waals surface area contributed by atoms with E-state index >= 15 is 0 Å². The number of rotatable bonds is 5. The number of fused-ring (bicyclic) bond motifs is 4. The molecule has 0 radical (unpaired) electrons. The number of ether oxygens (including phenoxy) is 3. The Labute approximate surface area is 325 Å². The third-order valence-corrected chi connectivity index (χ3v) is 15.2. The number of methoxy groups -OCH3 is 2. The zero-order valence-corrected chi connectivity index (χ0v) is 33.6. The van der Waals surface area contributed by atoms with Crippen LogP contribution in [0.5, 0.6) is 5.75 Å². The highest BCUT2D eigenvalue weighted by atomic mass is 35.5. The van der Waals surface area contributed by atoms with Gasteiger partial charge in [-0.25, -0.2) is 13.1 Å². The summed E-state index contributed by atoms with van der Waals surface area (Å²) < 4.78 is 48.0. The second-order valence-corrected chi connectivity index (χ2v) is 18.8. The minimum Gasteiger partial charge on any atom is -0.490 e. The van der Waals surface area contributed by atoms with Crippen LogP contribution in [0.25, 0.3) is 0 Å². The lowest BCUT2D eigenvalue weighted by Gasteiger charge is -2.52. The molecule has 2 aliphatic carbocycles. The van der Waals surface area contributed by atoms with Crippen LogP contribution in [0.15, 0.2) is 48.6 Å². The largest absolute Gasteiger partial charge is 0.490 e. The summed E-state index contributed by atoms with van der Waals surface area (Å²) in [7, 11) is -0.651. The molecular formula is C41H55ClN4O7S. The van der Waals surface area contributed by atoms with E-state index in [1.54, 1.807) is 27.2 Å². The van der Waals surface area contributed by atoms with Crippen LogP contribution in [0.4, 0.5) is 5.69 Å². The Hall–Kier alpha value is -3.16. The molecule has 1 spiro atoms. The molecule has 1 saturated carbocycles. The fourth-order valence-corrected chi connectivity index (χ4v) is 11.0. The maximum atomic E-state index is 13.6. The van der Waals surface area contributed by atoms with E-state index in [0.717, 1.165) is 62.4 Å². The number of amides is 2. The summed E-state index contributed by atoms with van der Waals surface area (Å²) in [5, 5.41) is -0.0854. The first-order valence-electron chi connectivity index (χ1n) is 19.5. The number of aryl methyl sites for hydroxylation is 1. The van der Waals surface area contributed by atoms with E-state index in [1.165, 1.54) is 11.1 Å². The minimum atomic E-state index is -3.99. The first-order chi connectivity index (χ1) is 25.9. The van der Waals surface area contributed by atoms with Crippen LogP contribution in [0.1, 0.15) is 67.4 Å². The van der Waals surface area contributed by atoms with Crippen molar-refractivity contribution in [2.24, 2.45) is 17.8 Å². The molecule has 0 unspecified atom stereocenters. The molecule has 13 heteroatoms. The summed E-state index contributed by atoms with van der Waals surface area (Å²) in [5.74, 6) is 0.247. The number of halogens is 1. The van der Waals surface area contributed by atoms with Crippen LogP contribution < -0.4 is 14.4 Å². The molecule has 6 atom stereocenters. The number of carbonyl (C=O) groups is 2. The third kappa shape index (κ3) is 7.65. The van der Waals surface area contributed by atoms with Gasteiger partial charge in [-0.15, -0.1) is 0 Å². The molecule has 3 heterocycles. The van der Waals surface area contributed by atoms with E-state index in [0.29, 0.717) is 45.0 Å². The molecule has 2 fully saturated rings. The van der Waals surface area contributed by atoms with Crippen LogP contribution in [-0.4, -0.2) is 114 Å². The maximum Gasteiger partial charge on any atom is 0.264 e. The van der Waals surface area contributed by atoms with E-state index < -0.39 is 26.8 Å². The molecular weight excluding hydrogens is 728 g/mol. The average Bonchev–Trinajstić information content (AvgIpc) is 3.29. The zero-order valence-electron chi connectivity index (χ0n) is 32.0. The molecule has 2 amide bonds. The smallest absolute Gasteiger partial charge is 0.264 e. The maximum absolute atomic E-state index is 13.6. The number of nitrogens with one attached hydrogen (secondary N) is 1. The summed E-state index contributed by atoms with van der Waals surface area (Å²) in [4.78, 5) is 32.9. The van der Waals surface area contributed by atoms with Gasteiger partial charge in [-0.3, -0.25) is 14.5 Å². The van der Waals surface area contributed by atoms with Gasteiger partial charge in [-0.1, -0.05) is 36.7 Å². The summed E-state index contributed by atoms with van der Waals surface area (Å²) in [6.07, 6.45) is 9.72. The number of nitrogens with zero attached hydrogens (tertiary/aromatic N) is 3. The molecule has 2 bridgehead atoms. The molecule has 1 N–H and O–H groups in total. The van der Waals surface area contributed by atoms with Crippen molar-refractivity contribution in [3.05, 3.63) is 70.3 Å². The normalized spacial score (nSPS) is 32.0. The molecule has 11 nitrogen and oxygen atoms in total. The minimum absolute atomic E-state index is 0.00263. The van der Waals surface area contributed by atoms with Crippen molar-refractivity contribution in [3.8, 4) is 5.75 Å². The summed E-state index contributed by atoms with van der Waals surface area (Å²) >= 11 is 6.49. The summed E-state index contributed by atoms with van der Waals surface area (Å²) in [6, 6.07) is 11.5. The van der Waals surface area contributed by atoms with Gasteiger partial charge in [0, 0.05) is 76.0 Å². The van der Waals surface area contributed by atoms with Gasteiger partial charge in [-0.05, 0) is 105 Å². The van der Waals surface area contributed by atoms with E-state index in [9.17, 15) is 18.0 Å². The van der Waals surface area contributed by atoms with Gasteiger partial charge in [-0.2, -0.15) is 0 Å². The van der Waals surface area contributed by atoms with Crippen molar-refractivity contribution in [1.29, 1.82) is 0 Å². The molecule has 7 rings (SSSR count). The van der Waals surface area contributed by atoms with Crippen molar-refractivity contribution in [2.45, 2.75) is 68.6 Å². The van der Waals surface area contributed by atoms with Crippen molar-refractivity contribution in [1.82, 2.24) is 14.5 Å². The number of piperazine rings is 1. The first-order valence-corrected chi connectivity index (χ1v) is 21.4. The van der Waals surface area contributed by atoms with Gasteiger partial charge in [0.2, 0.25) is 15.9 Å². The monoisotopic (exact) mass is 782 g/mol. The number of benzene rings is 2. The number of anilines is 1. The van der Waals surface area contributed by atoms with Crippen molar-refractivity contribution in [3.63, 3.8) is 0 Å². The fraction of sp³-hybridized carbons (Fsp3) is 0.610. The first kappa shape index (κ1) is 39.1. The molecule has 1 saturated heterocycles. The van der Waals surface area contributed by atoms with E-state index in [-0.39, 0.29) is 41.2 Å². The molecule has 54 heavy (non-hydrogen) atoms. The fourth-order valence-electron chi connectivity index (χ4n) is 9.53. The van der Waals surface area contributed by atoms with Crippen LogP contribution in [0, 0.1) is 17.8 Å². The lowest BCUT2D eigenvalue weighted by Crippen LogP contribution is -2.59. The van der Waals surface area contributed by atoms with Gasteiger partial charge in [0.25, 0.3) is 5.91 Å². The van der Waals surface area contributed by atoms with Gasteiger partial charge < -0.3 is 24.0 Å². The van der Waals surface area contributed by atoms with Gasteiger partial charge >= 0.3 is 0 Å². The highest BCUT2D eigenvalue weighted by Crippen LogP contribution is 2.49. The van der Waals surface area contributed by atoms with Crippen LogP contribution in [0.3, 0.4) is 0 Å². The zero-order chi connectivity index (χ0) is 38.3. The Balaban J connectivity index is 1.27. The Morgan fingerprint density at radius 1 is 1.07 bits per heavy atom. The second-order valence-electron chi connectivity index (χ2n) is 16.3. The lowest BCUT2D eigenvalue weighted by atomic mass is 9.63. The highest BCUT2D eigenvalue weighted by molar-refractivity contribution is 7.90. The molecule has 2 aromatic carbocycles. The Morgan fingerprint density at radius 2 is 1.87 bits per heavy atom. The van der Waals surface area contributed by atoms with Gasteiger partial charge in [0.05, 0.1) is 17.5 Å². The quantitative estimate of drug-likeness (QED) is 0.416.